The number of hydrogen-bond acceptors (Lipinski definition) is 9. The van der Waals surface area contributed by atoms with Gasteiger partial charge in [0.2, 0.25) is 0 Å². The van der Waals surface area contributed by atoms with Crippen molar-refractivity contribution in [2.24, 2.45) is 0 Å². The zero-order valence-electron chi connectivity index (χ0n) is 5.88. The van der Waals surface area contributed by atoms with Crippen LogP contribution in [0.1, 0.15) is 0 Å². The van der Waals surface area contributed by atoms with Crippen molar-refractivity contribution in [1.29, 1.82) is 0 Å². The predicted octanol–water partition coefficient (Wildman–Crippen LogP) is -7.35. The number of carbonyl (C=O) groups excluding carboxylic acids is 3. The van der Waals surface area contributed by atoms with Crippen molar-refractivity contribution in [2.75, 3.05) is 0 Å². The minimum absolute atomic E-state index is 0. The largest absolute Gasteiger partial charge is 3.00 e. The summed E-state index contributed by atoms with van der Waals surface area (Å²) in [5, 5.41) is 50.0. The Hall–Kier alpha value is -1.15. The molecule has 0 aromatic rings. The van der Waals surface area contributed by atoms with Gasteiger partial charge in [-0.3, -0.25) is 0 Å². The molecule has 0 unspecified atom stereocenters. The molecule has 82 valence electrons. The van der Waals surface area contributed by atoms with E-state index in [1.54, 1.807) is 0 Å². The molecule has 2 radical (unpaired) electrons. The molecule has 0 aromatic heterocycles. The van der Waals surface area contributed by atoms with Gasteiger partial charge in [-0.05, 0) is 18.5 Å². The summed E-state index contributed by atoms with van der Waals surface area (Å²) in [5.41, 5.74) is 0. The molecule has 0 aliphatic rings. The van der Waals surface area contributed by atoms with Gasteiger partial charge >= 0.3 is 34.1 Å². The molecule has 0 rings (SSSR count). The maximum atomic E-state index is 8.33. The fourth-order valence-corrected chi connectivity index (χ4v) is 0. The predicted molar refractivity (Wildman–Crippen MR) is 16.2 cm³/mol. The third-order valence-corrected chi connectivity index (χ3v) is 0. The van der Waals surface area contributed by atoms with Gasteiger partial charge in [0, 0.05) is 0 Å². The molecular weight excluding hydrogens is 292 g/mol. The average molecular weight is 292 g/mol. The first-order valence-electron chi connectivity index (χ1n) is 1.84. The van der Waals surface area contributed by atoms with Crippen LogP contribution in [0.4, 0.5) is 14.4 Å². The van der Waals surface area contributed by atoms with E-state index in [-0.39, 0.29) is 34.1 Å². The van der Waals surface area contributed by atoms with Gasteiger partial charge in [-0.15, -0.1) is 0 Å². The third kappa shape index (κ3) is 794. The van der Waals surface area contributed by atoms with E-state index in [2.05, 4.69) is 0 Å². The number of carboxylic acid groups (broad SMARTS) is 6. The van der Waals surface area contributed by atoms with Crippen molar-refractivity contribution in [2.45, 2.75) is 0 Å². The maximum absolute atomic E-state index is 8.33. The van der Waals surface area contributed by atoms with E-state index < -0.39 is 18.5 Å². The van der Waals surface area contributed by atoms with Gasteiger partial charge in [0.05, 0.1) is 0 Å². The second-order valence-electron chi connectivity index (χ2n) is 0.750. The van der Waals surface area contributed by atoms with Crippen molar-refractivity contribution in [3.63, 3.8) is 0 Å². The summed E-state index contributed by atoms with van der Waals surface area (Å²) in [6, 6.07) is 0. The van der Waals surface area contributed by atoms with Gasteiger partial charge in [0.15, 0.2) is 0 Å². The standard InChI is InChI=1S/3CH2O3.2Fe/c3*2-1(3)4;;/h3*(H2,2,3,4);;/q;;;2*+3/p-6. The van der Waals surface area contributed by atoms with Crippen LogP contribution in [0.5, 0.6) is 0 Å². The van der Waals surface area contributed by atoms with Crippen LogP contribution in [-0.4, -0.2) is 18.5 Å². The van der Waals surface area contributed by atoms with Crippen LogP contribution >= 0.6 is 0 Å². The Balaban J connectivity index is -0.0000000270. The van der Waals surface area contributed by atoms with Crippen LogP contribution in [0.25, 0.3) is 0 Å². The minimum Gasteiger partial charge on any atom is -0.652 e. The van der Waals surface area contributed by atoms with Gasteiger partial charge < -0.3 is 45.0 Å². The van der Waals surface area contributed by atoms with E-state index >= 15 is 0 Å². The smallest absolute Gasteiger partial charge is 0.652 e. The van der Waals surface area contributed by atoms with Gasteiger partial charge in [-0.25, -0.2) is 0 Å². The fourth-order valence-electron chi connectivity index (χ4n) is 0. The summed E-state index contributed by atoms with van der Waals surface area (Å²) in [6.07, 6.45) is -7.00. The normalized spacial score (nSPS) is 5.14. The van der Waals surface area contributed by atoms with E-state index in [0.29, 0.717) is 0 Å². The molecule has 0 saturated carbocycles. The molecule has 0 spiro atoms. The Morgan fingerprint density at radius 2 is 0.500 bits per heavy atom. The monoisotopic (exact) mass is 292 g/mol. The molecule has 14 heavy (non-hydrogen) atoms. The molecule has 0 aliphatic heterocycles. The number of carbonyl (C=O) groups is 3. The van der Waals surface area contributed by atoms with Crippen molar-refractivity contribution >= 4 is 18.5 Å². The molecule has 0 aromatic carbocycles. The van der Waals surface area contributed by atoms with Crippen LogP contribution in [-0.2, 0) is 34.1 Å². The Labute approximate surface area is 97.9 Å². The van der Waals surface area contributed by atoms with E-state index in [9.17, 15) is 0 Å². The summed E-state index contributed by atoms with van der Waals surface area (Å²) < 4.78 is 0. The molecule has 0 aliphatic carbocycles. The van der Waals surface area contributed by atoms with Crippen molar-refractivity contribution < 1.29 is 79.2 Å². The zero-order valence-corrected chi connectivity index (χ0v) is 8.09. The quantitative estimate of drug-likeness (QED) is 0.390. The summed E-state index contributed by atoms with van der Waals surface area (Å²) in [4.78, 5) is 25.0. The van der Waals surface area contributed by atoms with Crippen LogP contribution in [0, 0.1) is 0 Å². The van der Waals surface area contributed by atoms with E-state index in [1.807, 2.05) is 0 Å². The molecule has 0 atom stereocenters. The van der Waals surface area contributed by atoms with Crippen molar-refractivity contribution in [3.8, 4) is 0 Å². The summed E-state index contributed by atoms with van der Waals surface area (Å²) >= 11 is 0. The van der Waals surface area contributed by atoms with Crippen LogP contribution < -0.4 is 30.6 Å². The van der Waals surface area contributed by atoms with E-state index in [1.165, 1.54) is 0 Å². The van der Waals surface area contributed by atoms with Crippen LogP contribution in [0.3, 0.4) is 0 Å². The van der Waals surface area contributed by atoms with Crippen LogP contribution in [0.2, 0.25) is 0 Å². The topological polar surface area (TPSA) is 190 Å². The first-order valence-corrected chi connectivity index (χ1v) is 1.84. The SMILES string of the molecule is O=C([O-])[O-].O=C([O-])[O-].O=C([O-])[O-].[Fe+3].[Fe+3]. The Morgan fingerprint density at radius 1 is 0.500 bits per heavy atom. The molecule has 0 bridgehead atoms. The number of rotatable bonds is 0. The first-order chi connectivity index (χ1) is 5.20. The van der Waals surface area contributed by atoms with Crippen LogP contribution in [0.15, 0.2) is 0 Å². The Morgan fingerprint density at radius 3 is 0.500 bits per heavy atom. The average Bonchev–Trinajstić information content (AvgIpc) is 1.54. The fraction of sp³-hybridized carbons (Fsp3) is 0. The molecule has 0 amide bonds. The minimum atomic E-state index is -2.33. The first kappa shape index (κ1) is 29.3. The second kappa shape index (κ2) is 22.6. The molecular formula is C3Fe2O9. The zero-order chi connectivity index (χ0) is 10.7. The molecule has 0 N–H and O–H groups in total. The van der Waals surface area contributed by atoms with E-state index in [4.69, 9.17) is 45.0 Å². The third-order valence-electron chi connectivity index (χ3n) is 0. The van der Waals surface area contributed by atoms with Crippen molar-refractivity contribution in [1.82, 2.24) is 0 Å². The Bertz CT molecular complexity index is 116. The molecule has 9 nitrogen and oxygen atoms in total. The second-order valence-corrected chi connectivity index (χ2v) is 0.750. The van der Waals surface area contributed by atoms with Gasteiger partial charge in [0.25, 0.3) is 0 Å². The molecule has 11 heteroatoms. The molecule has 0 saturated heterocycles. The maximum Gasteiger partial charge on any atom is 3.00 e. The van der Waals surface area contributed by atoms with E-state index in [0.717, 1.165) is 0 Å². The summed E-state index contributed by atoms with van der Waals surface area (Å²) in [5.74, 6) is 0. The van der Waals surface area contributed by atoms with Gasteiger partial charge in [0.1, 0.15) is 0 Å². The molecule has 0 heterocycles. The Kier molecular flexibility index (Phi) is 47.3. The number of hydrogen-bond donors (Lipinski definition) is 0. The molecule has 0 fully saturated rings. The summed E-state index contributed by atoms with van der Waals surface area (Å²) in [7, 11) is 0. The van der Waals surface area contributed by atoms with Crippen molar-refractivity contribution in [3.05, 3.63) is 0 Å². The van der Waals surface area contributed by atoms with Gasteiger partial charge in [-0.1, -0.05) is 0 Å². The van der Waals surface area contributed by atoms with Gasteiger partial charge in [-0.2, -0.15) is 0 Å². The summed E-state index contributed by atoms with van der Waals surface area (Å²) in [6.45, 7) is 0.